The molecule has 1 unspecified atom stereocenters. The summed E-state index contributed by atoms with van der Waals surface area (Å²) in [5.74, 6) is 2.47. The minimum atomic E-state index is 0.386. The number of halogens is 1. The second-order valence-corrected chi connectivity index (χ2v) is 6.89. The Morgan fingerprint density at radius 3 is 2.38 bits per heavy atom. The highest BCUT2D eigenvalue weighted by molar-refractivity contribution is 9.10. The van der Waals surface area contributed by atoms with E-state index in [0.29, 0.717) is 12.0 Å². The van der Waals surface area contributed by atoms with Crippen LogP contribution in [-0.2, 0) is 0 Å². The molecule has 1 aliphatic carbocycles. The zero-order valence-electron chi connectivity index (χ0n) is 12.7. The summed E-state index contributed by atoms with van der Waals surface area (Å²) in [7, 11) is 2.06. The van der Waals surface area contributed by atoms with Gasteiger partial charge >= 0.3 is 0 Å². The minimum Gasteiger partial charge on any atom is -0.490 e. The number of fused-ring (bicyclic) bond motifs is 1. The third-order valence-corrected chi connectivity index (χ3v) is 5.32. The molecule has 3 rings (SSSR count). The van der Waals surface area contributed by atoms with E-state index in [4.69, 9.17) is 9.47 Å². The molecule has 0 saturated heterocycles. The van der Waals surface area contributed by atoms with E-state index in [-0.39, 0.29) is 0 Å². The van der Waals surface area contributed by atoms with Crippen molar-refractivity contribution in [1.82, 2.24) is 5.32 Å². The smallest absolute Gasteiger partial charge is 0.162 e. The standard InChI is InChI=1S/C17H24BrNO2/c1-19-17(12-6-3-2-4-7-12)13-10-15-16(11-14(13)18)21-9-5-8-20-15/h10-12,17,19H,2-9H2,1H3. The molecular formula is C17H24BrNO2. The largest absolute Gasteiger partial charge is 0.490 e. The SMILES string of the molecule is CNC(c1cc2c(cc1Br)OCCCO2)C1CCCCC1. The lowest BCUT2D eigenvalue weighted by molar-refractivity contribution is 0.279. The first-order valence-corrected chi connectivity index (χ1v) is 8.85. The molecule has 1 N–H and O–H groups in total. The van der Waals surface area contributed by atoms with Crippen LogP contribution < -0.4 is 14.8 Å². The first-order valence-electron chi connectivity index (χ1n) is 8.06. The quantitative estimate of drug-likeness (QED) is 0.870. The van der Waals surface area contributed by atoms with Crippen molar-refractivity contribution in [2.75, 3.05) is 20.3 Å². The average molecular weight is 354 g/mol. The number of rotatable bonds is 3. The lowest BCUT2D eigenvalue weighted by atomic mass is 9.81. The molecular weight excluding hydrogens is 330 g/mol. The van der Waals surface area contributed by atoms with Gasteiger partial charge in [-0.2, -0.15) is 0 Å². The second kappa shape index (κ2) is 7.01. The molecule has 1 aliphatic heterocycles. The van der Waals surface area contributed by atoms with E-state index in [0.717, 1.165) is 35.6 Å². The van der Waals surface area contributed by atoms with Crippen molar-refractivity contribution in [3.8, 4) is 11.5 Å². The Balaban J connectivity index is 1.90. The maximum atomic E-state index is 5.85. The highest BCUT2D eigenvalue weighted by Crippen LogP contribution is 2.42. The Hall–Kier alpha value is -0.740. The molecule has 1 saturated carbocycles. The Morgan fingerprint density at radius 2 is 1.71 bits per heavy atom. The molecule has 1 heterocycles. The lowest BCUT2D eigenvalue weighted by Gasteiger charge is -2.31. The number of hydrogen-bond donors (Lipinski definition) is 1. The highest BCUT2D eigenvalue weighted by Gasteiger charge is 2.27. The van der Waals surface area contributed by atoms with Gasteiger partial charge in [0, 0.05) is 16.9 Å². The monoisotopic (exact) mass is 353 g/mol. The molecule has 1 atom stereocenters. The normalized spacial score (nSPS) is 20.9. The van der Waals surface area contributed by atoms with Gasteiger partial charge in [-0.3, -0.25) is 0 Å². The molecule has 0 radical (unpaired) electrons. The molecule has 1 aromatic carbocycles. The van der Waals surface area contributed by atoms with Crippen molar-refractivity contribution in [3.05, 3.63) is 22.2 Å². The molecule has 0 bridgehead atoms. The van der Waals surface area contributed by atoms with Crippen molar-refractivity contribution in [3.63, 3.8) is 0 Å². The fourth-order valence-electron chi connectivity index (χ4n) is 3.55. The Labute approximate surface area is 135 Å². The van der Waals surface area contributed by atoms with Gasteiger partial charge in [-0.1, -0.05) is 35.2 Å². The first-order chi connectivity index (χ1) is 10.3. The van der Waals surface area contributed by atoms with Crippen LogP contribution in [-0.4, -0.2) is 20.3 Å². The molecule has 1 aromatic rings. The van der Waals surface area contributed by atoms with Crippen molar-refractivity contribution in [1.29, 1.82) is 0 Å². The molecule has 21 heavy (non-hydrogen) atoms. The van der Waals surface area contributed by atoms with Crippen LogP contribution in [0.15, 0.2) is 16.6 Å². The lowest BCUT2D eigenvalue weighted by Crippen LogP contribution is -2.27. The zero-order valence-corrected chi connectivity index (χ0v) is 14.2. The van der Waals surface area contributed by atoms with Crippen molar-refractivity contribution in [2.24, 2.45) is 5.92 Å². The summed E-state index contributed by atoms with van der Waals surface area (Å²) in [6.45, 7) is 1.47. The molecule has 116 valence electrons. The summed E-state index contributed by atoms with van der Waals surface area (Å²) in [5.41, 5.74) is 1.30. The van der Waals surface area contributed by atoms with Gasteiger partial charge < -0.3 is 14.8 Å². The van der Waals surface area contributed by atoms with E-state index in [2.05, 4.69) is 40.4 Å². The molecule has 4 heteroatoms. The van der Waals surface area contributed by atoms with Gasteiger partial charge in [0.25, 0.3) is 0 Å². The topological polar surface area (TPSA) is 30.5 Å². The van der Waals surface area contributed by atoms with Gasteiger partial charge in [0.05, 0.1) is 13.2 Å². The Morgan fingerprint density at radius 1 is 1.05 bits per heavy atom. The van der Waals surface area contributed by atoms with Crippen LogP contribution in [0.2, 0.25) is 0 Å². The van der Waals surface area contributed by atoms with E-state index in [1.165, 1.54) is 37.7 Å². The Bertz CT molecular complexity index is 486. The number of benzene rings is 1. The fraction of sp³-hybridized carbons (Fsp3) is 0.647. The molecule has 0 spiro atoms. The van der Waals surface area contributed by atoms with Gasteiger partial charge in [0.1, 0.15) is 0 Å². The molecule has 3 nitrogen and oxygen atoms in total. The third kappa shape index (κ3) is 3.37. The van der Waals surface area contributed by atoms with E-state index in [1.807, 2.05) is 0 Å². The first kappa shape index (κ1) is 15.2. The van der Waals surface area contributed by atoms with Crippen LogP contribution in [0.4, 0.5) is 0 Å². The second-order valence-electron chi connectivity index (χ2n) is 6.04. The summed E-state index contributed by atoms with van der Waals surface area (Å²) >= 11 is 3.73. The summed E-state index contributed by atoms with van der Waals surface area (Å²) in [6.07, 6.45) is 7.66. The summed E-state index contributed by atoms with van der Waals surface area (Å²) < 4.78 is 12.7. The molecule has 0 aromatic heterocycles. The van der Waals surface area contributed by atoms with Crippen LogP contribution in [0, 0.1) is 5.92 Å². The third-order valence-electron chi connectivity index (χ3n) is 4.63. The summed E-state index contributed by atoms with van der Waals surface area (Å²) in [6, 6.07) is 4.63. The van der Waals surface area contributed by atoms with Crippen LogP contribution >= 0.6 is 15.9 Å². The van der Waals surface area contributed by atoms with Gasteiger partial charge in [0.15, 0.2) is 11.5 Å². The maximum absolute atomic E-state index is 5.85. The fourth-order valence-corrected chi connectivity index (χ4v) is 4.12. The zero-order chi connectivity index (χ0) is 14.7. The maximum Gasteiger partial charge on any atom is 0.162 e. The molecule has 1 fully saturated rings. The van der Waals surface area contributed by atoms with E-state index < -0.39 is 0 Å². The van der Waals surface area contributed by atoms with Gasteiger partial charge in [0.2, 0.25) is 0 Å². The van der Waals surface area contributed by atoms with Crippen molar-refractivity contribution < 1.29 is 9.47 Å². The number of nitrogens with one attached hydrogen (secondary N) is 1. The van der Waals surface area contributed by atoms with Crippen molar-refractivity contribution in [2.45, 2.75) is 44.6 Å². The van der Waals surface area contributed by atoms with Crippen LogP contribution in [0.5, 0.6) is 11.5 Å². The van der Waals surface area contributed by atoms with E-state index in [9.17, 15) is 0 Å². The average Bonchev–Trinajstić information content (AvgIpc) is 2.74. The van der Waals surface area contributed by atoms with Crippen LogP contribution in [0.1, 0.15) is 50.1 Å². The van der Waals surface area contributed by atoms with Gasteiger partial charge in [-0.25, -0.2) is 0 Å². The number of ether oxygens (including phenoxy) is 2. The number of hydrogen-bond acceptors (Lipinski definition) is 3. The summed E-state index contributed by atoms with van der Waals surface area (Å²) in [5, 5.41) is 3.52. The predicted octanol–water partition coefficient (Wildman–Crippen LogP) is 4.45. The van der Waals surface area contributed by atoms with Gasteiger partial charge in [-0.05, 0) is 43.5 Å². The predicted molar refractivity (Wildman–Crippen MR) is 88.1 cm³/mol. The highest BCUT2D eigenvalue weighted by atomic mass is 79.9. The molecule has 2 aliphatic rings. The van der Waals surface area contributed by atoms with E-state index in [1.54, 1.807) is 0 Å². The minimum absolute atomic E-state index is 0.386. The van der Waals surface area contributed by atoms with Crippen LogP contribution in [0.25, 0.3) is 0 Å². The van der Waals surface area contributed by atoms with E-state index >= 15 is 0 Å². The van der Waals surface area contributed by atoms with Gasteiger partial charge in [-0.15, -0.1) is 0 Å². The Kier molecular flexibility index (Phi) is 5.07. The molecule has 0 amide bonds. The van der Waals surface area contributed by atoms with Crippen LogP contribution in [0.3, 0.4) is 0 Å². The summed E-state index contributed by atoms with van der Waals surface area (Å²) in [4.78, 5) is 0. The van der Waals surface area contributed by atoms with Crippen molar-refractivity contribution >= 4 is 15.9 Å².